The molecule has 1 atom stereocenters. The number of rotatable bonds is 5. The summed E-state index contributed by atoms with van der Waals surface area (Å²) in [7, 11) is 2.11. The Morgan fingerprint density at radius 1 is 1.53 bits per heavy atom. The molecule has 1 saturated heterocycles. The van der Waals surface area contributed by atoms with Crippen LogP contribution in [0.2, 0.25) is 0 Å². The summed E-state index contributed by atoms with van der Waals surface area (Å²) in [6.45, 7) is 7.87. The zero-order chi connectivity index (χ0) is 13.7. The highest BCUT2D eigenvalue weighted by Gasteiger charge is 2.17. The molecule has 0 aromatic carbocycles. The fourth-order valence-corrected chi connectivity index (χ4v) is 2.06. The molecule has 0 spiro atoms. The maximum Gasteiger partial charge on any atom is 0.218 e. The lowest BCUT2D eigenvalue weighted by atomic mass is 10.3. The Bertz CT molecular complexity index is 414. The first kappa shape index (κ1) is 14.0. The number of hydrogen-bond acceptors (Lipinski definition) is 6. The molecular formula is C13H22N4O2. The van der Waals surface area contributed by atoms with Crippen molar-refractivity contribution in [3.05, 3.63) is 11.9 Å². The van der Waals surface area contributed by atoms with Crippen molar-refractivity contribution in [2.75, 3.05) is 45.2 Å². The maximum absolute atomic E-state index is 5.70. The SMILES string of the molecule is CCOc1cc(NCC2CN(C)CCO2)nc(C)n1. The minimum atomic E-state index is 0.199. The molecule has 0 saturated carbocycles. The highest BCUT2D eigenvalue weighted by Crippen LogP contribution is 2.14. The van der Waals surface area contributed by atoms with Crippen LogP contribution >= 0.6 is 0 Å². The molecule has 0 bridgehead atoms. The van der Waals surface area contributed by atoms with Gasteiger partial charge in [-0.3, -0.25) is 0 Å². The van der Waals surface area contributed by atoms with E-state index in [9.17, 15) is 0 Å². The van der Waals surface area contributed by atoms with E-state index in [1.807, 2.05) is 19.9 Å². The zero-order valence-corrected chi connectivity index (χ0v) is 11.8. The topological polar surface area (TPSA) is 59.5 Å². The van der Waals surface area contributed by atoms with E-state index in [4.69, 9.17) is 9.47 Å². The van der Waals surface area contributed by atoms with Gasteiger partial charge in [-0.1, -0.05) is 0 Å². The monoisotopic (exact) mass is 266 g/mol. The highest BCUT2D eigenvalue weighted by molar-refractivity contribution is 5.38. The molecule has 0 radical (unpaired) electrons. The smallest absolute Gasteiger partial charge is 0.218 e. The third-order valence-corrected chi connectivity index (χ3v) is 2.96. The van der Waals surface area contributed by atoms with Gasteiger partial charge in [0.1, 0.15) is 11.6 Å². The molecule has 1 unspecified atom stereocenters. The number of hydrogen-bond donors (Lipinski definition) is 1. The first-order chi connectivity index (χ1) is 9.17. The van der Waals surface area contributed by atoms with Crippen molar-refractivity contribution >= 4 is 5.82 Å². The molecule has 6 heteroatoms. The third-order valence-electron chi connectivity index (χ3n) is 2.96. The molecule has 0 amide bonds. The van der Waals surface area contributed by atoms with Crippen molar-refractivity contribution < 1.29 is 9.47 Å². The lowest BCUT2D eigenvalue weighted by Gasteiger charge is -2.30. The van der Waals surface area contributed by atoms with E-state index in [2.05, 4.69) is 27.2 Å². The molecule has 1 aliphatic heterocycles. The molecule has 1 aromatic heterocycles. The van der Waals surface area contributed by atoms with Crippen LogP contribution in [-0.4, -0.2) is 60.9 Å². The van der Waals surface area contributed by atoms with Crippen molar-refractivity contribution in [1.29, 1.82) is 0 Å². The van der Waals surface area contributed by atoms with Gasteiger partial charge in [-0.15, -0.1) is 0 Å². The quantitative estimate of drug-likeness (QED) is 0.855. The Balaban J connectivity index is 1.91. The Hall–Kier alpha value is -1.40. The summed E-state index contributed by atoms with van der Waals surface area (Å²) >= 11 is 0. The summed E-state index contributed by atoms with van der Waals surface area (Å²) in [5, 5.41) is 3.29. The summed E-state index contributed by atoms with van der Waals surface area (Å²) in [5.74, 6) is 2.10. The minimum Gasteiger partial charge on any atom is -0.478 e. The molecule has 2 rings (SSSR count). The summed E-state index contributed by atoms with van der Waals surface area (Å²) < 4.78 is 11.1. The van der Waals surface area contributed by atoms with Gasteiger partial charge in [-0.2, -0.15) is 4.98 Å². The van der Waals surface area contributed by atoms with Crippen LogP contribution in [0.4, 0.5) is 5.82 Å². The maximum atomic E-state index is 5.70. The fourth-order valence-electron chi connectivity index (χ4n) is 2.06. The van der Waals surface area contributed by atoms with Gasteiger partial charge in [-0.05, 0) is 20.9 Å². The molecular weight excluding hydrogens is 244 g/mol. The second-order valence-electron chi connectivity index (χ2n) is 4.71. The molecule has 0 aliphatic carbocycles. The van der Waals surface area contributed by atoms with Gasteiger partial charge < -0.3 is 19.7 Å². The van der Waals surface area contributed by atoms with Crippen LogP contribution in [0.25, 0.3) is 0 Å². The number of nitrogens with one attached hydrogen (secondary N) is 1. The van der Waals surface area contributed by atoms with E-state index in [1.54, 1.807) is 0 Å². The Kier molecular flexibility index (Phi) is 4.93. The zero-order valence-electron chi connectivity index (χ0n) is 11.8. The van der Waals surface area contributed by atoms with E-state index >= 15 is 0 Å². The second kappa shape index (κ2) is 6.68. The van der Waals surface area contributed by atoms with Crippen LogP contribution < -0.4 is 10.1 Å². The first-order valence-corrected chi connectivity index (χ1v) is 6.70. The third kappa shape index (κ3) is 4.33. The van der Waals surface area contributed by atoms with Crippen molar-refractivity contribution in [3.63, 3.8) is 0 Å². The number of nitrogens with zero attached hydrogens (tertiary/aromatic N) is 3. The molecule has 19 heavy (non-hydrogen) atoms. The Morgan fingerprint density at radius 2 is 2.37 bits per heavy atom. The number of aromatic nitrogens is 2. The molecule has 2 heterocycles. The fraction of sp³-hybridized carbons (Fsp3) is 0.692. The van der Waals surface area contributed by atoms with Crippen molar-refractivity contribution in [2.24, 2.45) is 0 Å². The standard InChI is InChI=1S/C13H22N4O2/c1-4-18-13-7-12(15-10(2)16-13)14-8-11-9-17(3)5-6-19-11/h7,11H,4-6,8-9H2,1-3H3,(H,14,15,16). The van der Waals surface area contributed by atoms with E-state index in [-0.39, 0.29) is 6.10 Å². The molecule has 1 fully saturated rings. The predicted octanol–water partition coefficient (Wildman–Crippen LogP) is 0.926. The van der Waals surface area contributed by atoms with Gasteiger partial charge in [0.05, 0.1) is 19.3 Å². The number of morpholine rings is 1. The number of aryl methyl sites for hydroxylation is 1. The highest BCUT2D eigenvalue weighted by atomic mass is 16.5. The van der Waals surface area contributed by atoms with Gasteiger partial charge >= 0.3 is 0 Å². The Morgan fingerprint density at radius 3 is 3.11 bits per heavy atom. The number of anilines is 1. The summed E-state index contributed by atoms with van der Waals surface area (Å²) in [6, 6.07) is 1.82. The largest absolute Gasteiger partial charge is 0.478 e. The van der Waals surface area contributed by atoms with Gasteiger partial charge in [0, 0.05) is 25.7 Å². The molecule has 1 N–H and O–H groups in total. The number of likely N-dealkylation sites (N-methyl/N-ethyl adjacent to an activating group) is 1. The normalized spacial score (nSPS) is 20.3. The average molecular weight is 266 g/mol. The Labute approximate surface area is 114 Å². The number of ether oxygens (including phenoxy) is 2. The van der Waals surface area contributed by atoms with Gasteiger partial charge in [0.25, 0.3) is 0 Å². The summed E-state index contributed by atoms with van der Waals surface area (Å²) in [5.41, 5.74) is 0. The van der Waals surface area contributed by atoms with Crippen molar-refractivity contribution in [1.82, 2.24) is 14.9 Å². The second-order valence-corrected chi connectivity index (χ2v) is 4.71. The summed E-state index contributed by atoms with van der Waals surface area (Å²) in [4.78, 5) is 10.8. The lowest BCUT2D eigenvalue weighted by molar-refractivity contribution is -0.0117. The van der Waals surface area contributed by atoms with E-state index < -0.39 is 0 Å². The molecule has 106 valence electrons. The van der Waals surface area contributed by atoms with Crippen LogP contribution in [0.15, 0.2) is 6.07 Å². The van der Waals surface area contributed by atoms with E-state index in [1.165, 1.54) is 0 Å². The van der Waals surface area contributed by atoms with Gasteiger partial charge in [0.15, 0.2) is 0 Å². The van der Waals surface area contributed by atoms with Crippen LogP contribution in [0.3, 0.4) is 0 Å². The van der Waals surface area contributed by atoms with Crippen LogP contribution in [-0.2, 0) is 4.74 Å². The predicted molar refractivity (Wildman–Crippen MR) is 73.7 cm³/mol. The molecule has 1 aromatic rings. The van der Waals surface area contributed by atoms with E-state index in [0.29, 0.717) is 18.3 Å². The van der Waals surface area contributed by atoms with Crippen molar-refractivity contribution in [2.45, 2.75) is 20.0 Å². The van der Waals surface area contributed by atoms with Crippen molar-refractivity contribution in [3.8, 4) is 5.88 Å². The lowest BCUT2D eigenvalue weighted by Crippen LogP contribution is -2.43. The molecule has 6 nitrogen and oxygen atoms in total. The minimum absolute atomic E-state index is 0.199. The average Bonchev–Trinajstić information content (AvgIpc) is 2.36. The van der Waals surface area contributed by atoms with Crippen LogP contribution in [0, 0.1) is 6.92 Å². The van der Waals surface area contributed by atoms with Crippen LogP contribution in [0.1, 0.15) is 12.7 Å². The van der Waals surface area contributed by atoms with Gasteiger partial charge in [0.2, 0.25) is 5.88 Å². The van der Waals surface area contributed by atoms with E-state index in [0.717, 1.165) is 32.1 Å². The van der Waals surface area contributed by atoms with Crippen LogP contribution in [0.5, 0.6) is 5.88 Å². The summed E-state index contributed by atoms with van der Waals surface area (Å²) in [6.07, 6.45) is 0.199. The van der Waals surface area contributed by atoms with Gasteiger partial charge in [-0.25, -0.2) is 4.98 Å². The first-order valence-electron chi connectivity index (χ1n) is 6.70. The molecule has 1 aliphatic rings.